The van der Waals surface area contributed by atoms with Crippen LogP contribution in [0.15, 0.2) is 24.3 Å². The smallest absolute Gasteiger partial charge is 0.255 e. The zero-order valence-electron chi connectivity index (χ0n) is 16.4. The number of ether oxygens (including phenoxy) is 1. The number of piperidine rings is 2. The second-order valence-corrected chi connectivity index (χ2v) is 8.69. The molecule has 148 valence electrons. The molecule has 0 bridgehead atoms. The lowest BCUT2D eigenvalue weighted by Gasteiger charge is -2.42. The molecule has 1 N–H and O–H groups in total. The van der Waals surface area contributed by atoms with Crippen LogP contribution < -0.4 is 4.74 Å². The number of hydrogen-bond donors (Lipinski definition) is 1. The van der Waals surface area contributed by atoms with Crippen molar-refractivity contribution in [2.75, 3.05) is 32.7 Å². The molecule has 1 aromatic carbocycles. The van der Waals surface area contributed by atoms with Crippen molar-refractivity contribution in [2.45, 2.75) is 57.2 Å². The summed E-state index contributed by atoms with van der Waals surface area (Å²) in [5.41, 5.74) is -0.0329. The van der Waals surface area contributed by atoms with Gasteiger partial charge in [-0.1, -0.05) is 18.2 Å². The third kappa shape index (κ3) is 4.46. The van der Waals surface area contributed by atoms with E-state index in [9.17, 15) is 9.90 Å². The number of hydrogen-bond acceptors (Lipinski definition) is 4. The van der Waals surface area contributed by atoms with E-state index < -0.39 is 5.60 Å². The van der Waals surface area contributed by atoms with Crippen LogP contribution in [0, 0.1) is 12.8 Å². The predicted octanol–water partition coefficient (Wildman–Crippen LogP) is 2.60. The highest BCUT2D eigenvalue weighted by atomic mass is 16.5. The predicted molar refractivity (Wildman–Crippen MR) is 105 cm³/mol. The van der Waals surface area contributed by atoms with Gasteiger partial charge in [0.25, 0.3) is 5.91 Å². The van der Waals surface area contributed by atoms with Crippen LogP contribution >= 0.6 is 0 Å². The SMILES string of the molecule is Cc1ccccc1OC1CCN(CC2(O)CCCN(CC3CC3)C2=O)CC1. The van der Waals surface area contributed by atoms with Gasteiger partial charge in [0, 0.05) is 32.7 Å². The molecule has 1 aliphatic carbocycles. The van der Waals surface area contributed by atoms with Crippen LogP contribution in [0.4, 0.5) is 0 Å². The van der Waals surface area contributed by atoms with E-state index in [1.807, 2.05) is 23.1 Å². The molecule has 1 unspecified atom stereocenters. The Morgan fingerprint density at radius 2 is 1.89 bits per heavy atom. The molecule has 0 aromatic heterocycles. The van der Waals surface area contributed by atoms with Gasteiger partial charge >= 0.3 is 0 Å². The summed E-state index contributed by atoms with van der Waals surface area (Å²) in [7, 11) is 0. The first-order chi connectivity index (χ1) is 13.0. The van der Waals surface area contributed by atoms with Crippen LogP contribution in [-0.4, -0.2) is 65.2 Å². The lowest BCUT2D eigenvalue weighted by molar-refractivity contribution is -0.160. The molecule has 1 amide bonds. The van der Waals surface area contributed by atoms with Gasteiger partial charge < -0.3 is 14.7 Å². The van der Waals surface area contributed by atoms with Crippen LogP contribution in [0.3, 0.4) is 0 Å². The molecule has 2 saturated heterocycles. The van der Waals surface area contributed by atoms with Gasteiger partial charge in [0.1, 0.15) is 11.9 Å². The average Bonchev–Trinajstić information content (AvgIpc) is 3.47. The Balaban J connectivity index is 1.29. The van der Waals surface area contributed by atoms with E-state index in [0.717, 1.165) is 56.8 Å². The van der Waals surface area contributed by atoms with E-state index in [1.54, 1.807) is 0 Å². The summed E-state index contributed by atoms with van der Waals surface area (Å²) >= 11 is 0. The number of likely N-dealkylation sites (tertiary alicyclic amines) is 2. The fraction of sp³-hybridized carbons (Fsp3) is 0.682. The fourth-order valence-electron chi connectivity index (χ4n) is 4.42. The standard InChI is InChI=1S/C22H32N2O3/c1-17-5-2-3-6-20(17)27-19-9-13-23(14-10-19)16-22(26)11-4-12-24(21(22)25)15-18-7-8-18/h2-3,5-6,18-19,26H,4,7-16H2,1H3. The van der Waals surface area contributed by atoms with Gasteiger partial charge in [0.05, 0.1) is 0 Å². The van der Waals surface area contributed by atoms with Gasteiger partial charge in [0.2, 0.25) is 0 Å². The normalized spacial score (nSPS) is 27.8. The highest BCUT2D eigenvalue weighted by Gasteiger charge is 2.44. The quantitative estimate of drug-likeness (QED) is 0.834. The number of aliphatic hydroxyl groups is 1. The number of amides is 1. The monoisotopic (exact) mass is 372 g/mol. The van der Waals surface area contributed by atoms with E-state index in [-0.39, 0.29) is 12.0 Å². The minimum atomic E-state index is -1.20. The van der Waals surface area contributed by atoms with Crippen molar-refractivity contribution < 1.29 is 14.6 Å². The first kappa shape index (κ1) is 18.8. The van der Waals surface area contributed by atoms with E-state index in [1.165, 1.54) is 12.8 Å². The Bertz CT molecular complexity index is 667. The Hall–Kier alpha value is -1.59. The lowest BCUT2D eigenvalue weighted by atomic mass is 9.90. The van der Waals surface area contributed by atoms with E-state index in [4.69, 9.17) is 4.74 Å². The minimum absolute atomic E-state index is 0.0427. The van der Waals surface area contributed by atoms with Crippen LogP contribution in [-0.2, 0) is 4.79 Å². The second kappa shape index (κ2) is 7.80. The molecule has 0 radical (unpaired) electrons. The number of rotatable bonds is 6. The molecular formula is C22H32N2O3. The second-order valence-electron chi connectivity index (χ2n) is 8.69. The summed E-state index contributed by atoms with van der Waals surface area (Å²) in [6, 6.07) is 8.13. The van der Waals surface area contributed by atoms with E-state index >= 15 is 0 Å². The Morgan fingerprint density at radius 3 is 2.59 bits per heavy atom. The van der Waals surface area contributed by atoms with Gasteiger partial charge in [-0.25, -0.2) is 0 Å². The first-order valence-electron chi connectivity index (χ1n) is 10.5. The third-order valence-electron chi connectivity index (χ3n) is 6.29. The summed E-state index contributed by atoms with van der Waals surface area (Å²) < 4.78 is 6.17. The Morgan fingerprint density at radius 1 is 1.15 bits per heavy atom. The molecule has 5 heteroatoms. The molecule has 1 atom stereocenters. The molecule has 2 aliphatic heterocycles. The molecule has 3 fully saturated rings. The van der Waals surface area contributed by atoms with Gasteiger partial charge in [-0.05, 0) is 63.0 Å². The number of benzene rings is 1. The molecule has 2 heterocycles. The van der Waals surface area contributed by atoms with Crippen LogP contribution in [0.25, 0.3) is 0 Å². The summed E-state index contributed by atoms with van der Waals surface area (Å²) in [6.45, 7) is 5.92. The van der Waals surface area contributed by atoms with Crippen LogP contribution in [0.5, 0.6) is 5.75 Å². The maximum Gasteiger partial charge on any atom is 0.255 e. The highest BCUT2D eigenvalue weighted by molar-refractivity contribution is 5.86. The largest absolute Gasteiger partial charge is 0.490 e. The summed E-state index contributed by atoms with van der Waals surface area (Å²) in [6.07, 6.45) is 6.04. The van der Waals surface area contributed by atoms with Crippen molar-refractivity contribution in [3.8, 4) is 5.75 Å². The van der Waals surface area contributed by atoms with Crippen molar-refractivity contribution in [3.63, 3.8) is 0 Å². The Labute approximate surface area is 162 Å². The molecule has 27 heavy (non-hydrogen) atoms. The van der Waals surface area contributed by atoms with Gasteiger partial charge in [-0.2, -0.15) is 0 Å². The molecule has 4 rings (SSSR count). The highest BCUT2D eigenvalue weighted by Crippen LogP contribution is 2.33. The number of para-hydroxylation sites is 1. The van der Waals surface area contributed by atoms with E-state index in [0.29, 0.717) is 18.9 Å². The lowest BCUT2D eigenvalue weighted by Crippen LogP contribution is -2.59. The number of carbonyl (C=O) groups excluding carboxylic acids is 1. The van der Waals surface area contributed by atoms with Crippen molar-refractivity contribution in [1.82, 2.24) is 9.80 Å². The minimum Gasteiger partial charge on any atom is -0.490 e. The molecule has 5 nitrogen and oxygen atoms in total. The average molecular weight is 373 g/mol. The van der Waals surface area contributed by atoms with Gasteiger partial charge in [-0.3, -0.25) is 9.69 Å². The first-order valence-corrected chi connectivity index (χ1v) is 10.5. The third-order valence-corrected chi connectivity index (χ3v) is 6.29. The molecule has 3 aliphatic rings. The summed E-state index contributed by atoms with van der Waals surface area (Å²) in [5, 5.41) is 11.1. The number of carbonyl (C=O) groups is 1. The van der Waals surface area contributed by atoms with Crippen molar-refractivity contribution in [3.05, 3.63) is 29.8 Å². The maximum absolute atomic E-state index is 12.9. The molecular weight excluding hydrogens is 340 g/mol. The van der Waals surface area contributed by atoms with Gasteiger partial charge in [0.15, 0.2) is 5.60 Å². The maximum atomic E-state index is 12.9. The molecule has 0 spiro atoms. The summed E-state index contributed by atoms with van der Waals surface area (Å²) in [5.74, 6) is 1.59. The zero-order valence-corrected chi connectivity index (χ0v) is 16.4. The number of aryl methyl sites for hydroxylation is 1. The topological polar surface area (TPSA) is 53.0 Å². The molecule has 1 aromatic rings. The number of nitrogens with zero attached hydrogens (tertiary/aromatic N) is 2. The van der Waals surface area contributed by atoms with Crippen molar-refractivity contribution >= 4 is 5.91 Å². The van der Waals surface area contributed by atoms with Crippen molar-refractivity contribution in [1.29, 1.82) is 0 Å². The van der Waals surface area contributed by atoms with E-state index in [2.05, 4.69) is 17.9 Å². The zero-order chi connectivity index (χ0) is 18.9. The van der Waals surface area contributed by atoms with Crippen molar-refractivity contribution in [2.24, 2.45) is 5.92 Å². The Kier molecular flexibility index (Phi) is 5.42. The molecule has 1 saturated carbocycles. The fourth-order valence-corrected chi connectivity index (χ4v) is 4.42. The van der Waals surface area contributed by atoms with Crippen LogP contribution in [0.1, 0.15) is 44.1 Å². The number of β-amino-alcohol motifs (C(OH)–C–C–N with tert-alkyl or cyclic N) is 1. The van der Waals surface area contributed by atoms with Crippen LogP contribution in [0.2, 0.25) is 0 Å². The van der Waals surface area contributed by atoms with Gasteiger partial charge in [-0.15, -0.1) is 0 Å². The summed E-state index contributed by atoms with van der Waals surface area (Å²) in [4.78, 5) is 17.0.